The van der Waals surface area contributed by atoms with Gasteiger partial charge in [0.05, 0.1) is 6.26 Å². The molecule has 5 aromatic rings. The summed E-state index contributed by atoms with van der Waals surface area (Å²) < 4.78 is 8.55. The molecule has 5 aromatic heterocycles. The van der Waals surface area contributed by atoms with Gasteiger partial charge in [-0.2, -0.15) is 0 Å². The van der Waals surface area contributed by atoms with Crippen molar-refractivity contribution < 1.29 is 18.8 Å². The van der Waals surface area contributed by atoms with Gasteiger partial charge in [-0.25, -0.2) is 9.55 Å². The van der Waals surface area contributed by atoms with Crippen LogP contribution in [0, 0.1) is 0 Å². The molecule has 0 aliphatic heterocycles. The molecule has 0 aliphatic carbocycles. The summed E-state index contributed by atoms with van der Waals surface area (Å²) >= 11 is 0. The SMILES string of the molecule is Nc1c(C(=O)NCc2ccc[nH+]c2)cc2c(=O)n3ccccc3nc2[n+]1Cc1ccco1. The minimum atomic E-state index is -0.390. The molecule has 158 valence electrons. The van der Waals surface area contributed by atoms with Gasteiger partial charge < -0.3 is 15.5 Å². The Morgan fingerprint density at radius 2 is 2.12 bits per heavy atom. The monoisotopic (exact) mass is 428 g/mol. The first-order valence-electron chi connectivity index (χ1n) is 10.0. The first-order chi connectivity index (χ1) is 15.6. The standard InChI is InChI=1S/C23H18N6O3/c24-20-17(22(30)26-13-15-5-3-8-25-12-15)11-18-21(29(20)14-16-6-4-10-32-16)27-19-7-1-2-9-28(19)23(18)31/h1-12,24H,13-14H2,(H,26,30)/p+2. The van der Waals surface area contributed by atoms with Crippen LogP contribution in [-0.2, 0) is 13.1 Å². The van der Waals surface area contributed by atoms with Crippen LogP contribution in [0.2, 0.25) is 0 Å². The van der Waals surface area contributed by atoms with E-state index in [4.69, 9.17) is 10.2 Å². The number of carbonyl (C=O) groups is 1. The molecule has 0 atom stereocenters. The highest BCUT2D eigenvalue weighted by Crippen LogP contribution is 2.16. The summed E-state index contributed by atoms with van der Waals surface area (Å²) in [4.78, 5) is 33.9. The summed E-state index contributed by atoms with van der Waals surface area (Å²) in [5.74, 6) is 0.424. The molecule has 0 aromatic carbocycles. The highest BCUT2D eigenvalue weighted by molar-refractivity contribution is 6.00. The van der Waals surface area contributed by atoms with Gasteiger partial charge in [-0.1, -0.05) is 11.1 Å². The smallest absolute Gasteiger partial charge is 0.278 e. The zero-order valence-corrected chi connectivity index (χ0v) is 17.0. The quantitative estimate of drug-likeness (QED) is 0.321. The number of aromatic amines is 1. The van der Waals surface area contributed by atoms with Crippen molar-refractivity contribution in [2.24, 2.45) is 0 Å². The van der Waals surface area contributed by atoms with E-state index in [0.29, 0.717) is 23.6 Å². The molecule has 1 amide bonds. The van der Waals surface area contributed by atoms with Crippen molar-refractivity contribution in [2.75, 3.05) is 5.73 Å². The molecular formula is C23H20N6O3+2. The van der Waals surface area contributed by atoms with Gasteiger partial charge in [-0.3, -0.25) is 14.0 Å². The first-order valence-corrected chi connectivity index (χ1v) is 10.0. The van der Waals surface area contributed by atoms with Crippen molar-refractivity contribution in [1.82, 2.24) is 14.7 Å². The van der Waals surface area contributed by atoms with Crippen LogP contribution in [0.4, 0.5) is 5.82 Å². The van der Waals surface area contributed by atoms with E-state index < -0.39 is 0 Å². The van der Waals surface area contributed by atoms with Crippen molar-refractivity contribution in [1.29, 1.82) is 0 Å². The number of nitrogens with zero attached hydrogens (tertiary/aromatic N) is 3. The summed E-state index contributed by atoms with van der Waals surface area (Å²) in [5.41, 5.74) is 8.10. The molecule has 0 fully saturated rings. The number of nitrogens with one attached hydrogen (secondary N) is 2. The third-order valence-corrected chi connectivity index (χ3v) is 5.22. The van der Waals surface area contributed by atoms with Gasteiger partial charge in [0.1, 0.15) is 23.3 Å². The predicted molar refractivity (Wildman–Crippen MR) is 116 cm³/mol. The number of anilines is 1. The van der Waals surface area contributed by atoms with Crippen LogP contribution in [0.5, 0.6) is 0 Å². The molecule has 9 heteroatoms. The predicted octanol–water partition coefficient (Wildman–Crippen LogP) is 1.10. The maximum absolute atomic E-state index is 13.2. The molecule has 0 saturated carbocycles. The van der Waals surface area contributed by atoms with E-state index in [-0.39, 0.29) is 34.8 Å². The van der Waals surface area contributed by atoms with E-state index in [1.54, 1.807) is 59.8 Å². The molecule has 0 radical (unpaired) electrons. The van der Waals surface area contributed by atoms with Gasteiger partial charge in [0.15, 0.2) is 12.4 Å². The van der Waals surface area contributed by atoms with Crippen molar-refractivity contribution in [2.45, 2.75) is 13.1 Å². The molecule has 32 heavy (non-hydrogen) atoms. The van der Waals surface area contributed by atoms with Gasteiger partial charge in [0, 0.05) is 24.4 Å². The largest absolute Gasteiger partial charge is 0.466 e. The van der Waals surface area contributed by atoms with Crippen LogP contribution < -0.4 is 26.2 Å². The second-order valence-corrected chi connectivity index (χ2v) is 7.29. The summed E-state index contributed by atoms with van der Waals surface area (Å²) in [7, 11) is 0. The van der Waals surface area contributed by atoms with Crippen LogP contribution in [0.25, 0.3) is 16.7 Å². The minimum absolute atomic E-state index is 0.193. The van der Waals surface area contributed by atoms with E-state index in [1.165, 1.54) is 10.5 Å². The summed E-state index contributed by atoms with van der Waals surface area (Å²) in [5, 5.41) is 3.14. The number of aromatic nitrogens is 4. The molecule has 0 saturated heterocycles. The second kappa shape index (κ2) is 7.95. The molecule has 0 bridgehead atoms. The van der Waals surface area contributed by atoms with Crippen molar-refractivity contribution in [3.63, 3.8) is 0 Å². The Hall–Kier alpha value is -4.53. The van der Waals surface area contributed by atoms with Crippen molar-refractivity contribution in [3.8, 4) is 0 Å². The molecule has 9 nitrogen and oxygen atoms in total. The molecular weight excluding hydrogens is 408 g/mol. The molecule has 0 aliphatic rings. The first kappa shape index (κ1) is 19.4. The molecule has 0 spiro atoms. The number of hydrogen-bond acceptors (Lipinski definition) is 5. The third kappa shape index (κ3) is 3.45. The number of rotatable bonds is 5. The van der Waals surface area contributed by atoms with E-state index in [2.05, 4.69) is 15.3 Å². The van der Waals surface area contributed by atoms with Gasteiger partial charge in [0.2, 0.25) is 11.5 Å². The van der Waals surface area contributed by atoms with Gasteiger partial charge >= 0.3 is 0 Å². The van der Waals surface area contributed by atoms with E-state index >= 15 is 0 Å². The average Bonchev–Trinajstić information content (AvgIpc) is 3.34. The van der Waals surface area contributed by atoms with Crippen LogP contribution in [0.15, 0.2) is 82.6 Å². The number of carbonyl (C=O) groups excluding carboxylic acids is 1. The zero-order chi connectivity index (χ0) is 22.1. The van der Waals surface area contributed by atoms with Crippen LogP contribution in [-0.4, -0.2) is 15.3 Å². The molecule has 0 unspecified atom stereocenters. The summed E-state index contributed by atoms with van der Waals surface area (Å²) in [6.45, 7) is 0.528. The van der Waals surface area contributed by atoms with E-state index in [0.717, 1.165) is 5.56 Å². The number of amides is 1. The Balaban J connectivity index is 1.66. The Kier molecular flexibility index (Phi) is 4.83. The molecule has 4 N–H and O–H groups in total. The third-order valence-electron chi connectivity index (χ3n) is 5.22. The topological polar surface area (TPSA) is 121 Å². The lowest BCUT2D eigenvalue weighted by Gasteiger charge is -2.11. The van der Waals surface area contributed by atoms with Gasteiger partial charge in [-0.05, 0) is 36.4 Å². The normalized spacial score (nSPS) is 11.1. The van der Waals surface area contributed by atoms with Crippen LogP contribution >= 0.6 is 0 Å². The highest BCUT2D eigenvalue weighted by atomic mass is 16.3. The molecule has 5 rings (SSSR count). The van der Waals surface area contributed by atoms with Gasteiger partial charge in [-0.15, -0.1) is 0 Å². The Labute approximate surface area is 181 Å². The molecule has 5 heterocycles. The Bertz CT molecular complexity index is 1490. The van der Waals surface area contributed by atoms with Crippen LogP contribution in [0.3, 0.4) is 0 Å². The Morgan fingerprint density at radius 1 is 1.22 bits per heavy atom. The maximum Gasteiger partial charge on any atom is 0.278 e. The number of nitrogen functional groups attached to an aromatic ring is 1. The lowest BCUT2D eigenvalue weighted by atomic mass is 10.1. The second-order valence-electron chi connectivity index (χ2n) is 7.29. The lowest BCUT2D eigenvalue weighted by molar-refractivity contribution is -0.651. The summed E-state index contributed by atoms with van der Waals surface area (Å²) in [6, 6.07) is 14.1. The average molecular weight is 428 g/mol. The van der Waals surface area contributed by atoms with Gasteiger partial charge in [0.25, 0.3) is 17.1 Å². The van der Waals surface area contributed by atoms with Crippen molar-refractivity contribution >= 4 is 28.4 Å². The number of furan rings is 1. The number of H-pyrrole nitrogens is 1. The number of hydrogen-bond donors (Lipinski definition) is 2. The Morgan fingerprint density at radius 3 is 2.91 bits per heavy atom. The fraction of sp³-hybridized carbons (Fsp3) is 0.0870. The number of fused-ring (bicyclic) bond motifs is 2. The summed E-state index contributed by atoms with van der Waals surface area (Å²) in [6.07, 6.45) is 6.78. The van der Waals surface area contributed by atoms with E-state index in [1.807, 2.05) is 12.1 Å². The number of pyridine rings is 3. The lowest BCUT2D eigenvalue weighted by Crippen LogP contribution is -2.43. The fourth-order valence-electron chi connectivity index (χ4n) is 3.62. The minimum Gasteiger partial charge on any atom is -0.466 e. The number of nitrogens with two attached hydrogens (primary N) is 1. The zero-order valence-electron chi connectivity index (χ0n) is 17.0. The van der Waals surface area contributed by atoms with Crippen molar-refractivity contribution in [3.05, 3.63) is 101 Å². The van der Waals surface area contributed by atoms with E-state index in [9.17, 15) is 9.59 Å². The van der Waals surface area contributed by atoms with Crippen LogP contribution in [0.1, 0.15) is 21.7 Å². The highest BCUT2D eigenvalue weighted by Gasteiger charge is 2.25. The fourth-order valence-corrected chi connectivity index (χ4v) is 3.62. The maximum atomic E-state index is 13.2.